The SMILES string of the molecule is COC(=O)c1ccc(-c2ccc(C(=O)N(C)CC3CCCC3)cc2)cc1. The van der Waals surface area contributed by atoms with Gasteiger partial charge in [-0.1, -0.05) is 37.1 Å². The number of hydrogen-bond acceptors (Lipinski definition) is 3. The zero-order valence-electron chi connectivity index (χ0n) is 15.4. The lowest BCUT2D eigenvalue weighted by atomic mass is 10.0. The van der Waals surface area contributed by atoms with E-state index in [-0.39, 0.29) is 11.9 Å². The second-order valence-electron chi connectivity index (χ2n) is 6.98. The Labute approximate surface area is 154 Å². The van der Waals surface area contributed by atoms with Crippen LogP contribution in [0, 0.1) is 5.92 Å². The van der Waals surface area contributed by atoms with E-state index in [9.17, 15) is 9.59 Å². The first-order valence-electron chi connectivity index (χ1n) is 9.13. The summed E-state index contributed by atoms with van der Waals surface area (Å²) in [6.07, 6.45) is 5.04. The number of benzene rings is 2. The highest BCUT2D eigenvalue weighted by atomic mass is 16.5. The Balaban J connectivity index is 1.67. The molecule has 3 rings (SSSR count). The number of carbonyl (C=O) groups excluding carboxylic acids is 2. The molecule has 4 heteroatoms. The lowest BCUT2D eigenvalue weighted by Crippen LogP contribution is -2.31. The molecular formula is C22H25NO3. The molecule has 1 amide bonds. The van der Waals surface area contributed by atoms with Crippen LogP contribution in [0.1, 0.15) is 46.4 Å². The number of carbonyl (C=O) groups is 2. The van der Waals surface area contributed by atoms with Gasteiger partial charge in [-0.05, 0) is 54.2 Å². The Kier molecular flexibility index (Phi) is 5.71. The van der Waals surface area contributed by atoms with Gasteiger partial charge in [-0.15, -0.1) is 0 Å². The molecule has 0 saturated heterocycles. The van der Waals surface area contributed by atoms with Crippen LogP contribution in [0.5, 0.6) is 0 Å². The summed E-state index contributed by atoms with van der Waals surface area (Å²) in [5.41, 5.74) is 3.24. The molecule has 0 atom stereocenters. The van der Waals surface area contributed by atoms with Crippen LogP contribution in [0.15, 0.2) is 48.5 Å². The number of amides is 1. The second-order valence-corrected chi connectivity index (χ2v) is 6.98. The van der Waals surface area contributed by atoms with E-state index in [1.54, 1.807) is 12.1 Å². The Hall–Kier alpha value is -2.62. The van der Waals surface area contributed by atoms with Gasteiger partial charge in [0.25, 0.3) is 5.91 Å². The zero-order valence-corrected chi connectivity index (χ0v) is 15.4. The van der Waals surface area contributed by atoms with Crippen LogP contribution in [0.4, 0.5) is 0 Å². The van der Waals surface area contributed by atoms with Gasteiger partial charge in [0.05, 0.1) is 12.7 Å². The zero-order chi connectivity index (χ0) is 18.5. The summed E-state index contributed by atoms with van der Waals surface area (Å²) in [4.78, 5) is 26.0. The summed E-state index contributed by atoms with van der Waals surface area (Å²) in [6, 6.07) is 14.9. The third-order valence-electron chi connectivity index (χ3n) is 5.12. The van der Waals surface area contributed by atoms with Crippen LogP contribution in [-0.4, -0.2) is 37.5 Å². The quantitative estimate of drug-likeness (QED) is 0.750. The molecule has 0 radical (unpaired) electrons. The number of nitrogens with zero attached hydrogens (tertiary/aromatic N) is 1. The van der Waals surface area contributed by atoms with Crippen molar-refractivity contribution >= 4 is 11.9 Å². The van der Waals surface area contributed by atoms with E-state index in [0.29, 0.717) is 17.0 Å². The summed E-state index contributed by atoms with van der Waals surface area (Å²) < 4.78 is 4.71. The van der Waals surface area contributed by atoms with Crippen molar-refractivity contribution in [2.75, 3.05) is 20.7 Å². The summed E-state index contributed by atoms with van der Waals surface area (Å²) in [5.74, 6) is 0.379. The Bertz CT molecular complexity index is 759. The molecule has 0 spiro atoms. The molecule has 0 unspecified atom stereocenters. The van der Waals surface area contributed by atoms with Crippen LogP contribution in [0.2, 0.25) is 0 Å². The van der Waals surface area contributed by atoms with Gasteiger partial charge in [-0.3, -0.25) is 4.79 Å². The maximum absolute atomic E-state index is 12.6. The fraction of sp³-hybridized carbons (Fsp3) is 0.364. The second kappa shape index (κ2) is 8.17. The predicted molar refractivity (Wildman–Crippen MR) is 102 cm³/mol. The Morgan fingerprint density at radius 1 is 0.923 bits per heavy atom. The minimum Gasteiger partial charge on any atom is -0.465 e. The van der Waals surface area contributed by atoms with Crippen molar-refractivity contribution in [1.82, 2.24) is 4.90 Å². The van der Waals surface area contributed by atoms with E-state index in [0.717, 1.165) is 17.7 Å². The summed E-state index contributed by atoms with van der Waals surface area (Å²) in [5, 5.41) is 0. The standard InChI is InChI=1S/C22H25NO3/c1-23(15-16-5-3-4-6-16)21(24)19-11-7-17(8-12-19)18-9-13-20(14-10-18)22(25)26-2/h7-14,16H,3-6,15H2,1-2H3. The lowest BCUT2D eigenvalue weighted by molar-refractivity contribution is 0.0600. The molecule has 0 heterocycles. The predicted octanol–water partition coefficient (Wildman–Crippen LogP) is 4.40. The van der Waals surface area contributed by atoms with Crippen molar-refractivity contribution in [3.05, 3.63) is 59.7 Å². The van der Waals surface area contributed by atoms with E-state index < -0.39 is 0 Å². The number of esters is 1. The molecule has 1 saturated carbocycles. The fourth-order valence-electron chi connectivity index (χ4n) is 3.61. The Morgan fingerprint density at radius 3 is 1.92 bits per heavy atom. The van der Waals surface area contributed by atoms with Gasteiger partial charge < -0.3 is 9.64 Å². The smallest absolute Gasteiger partial charge is 0.337 e. The summed E-state index contributed by atoms with van der Waals surface area (Å²) >= 11 is 0. The maximum atomic E-state index is 12.6. The van der Waals surface area contributed by atoms with Crippen molar-refractivity contribution in [3.63, 3.8) is 0 Å². The topological polar surface area (TPSA) is 46.6 Å². The van der Waals surface area contributed by atoms with E-state index in [1.807, 2.05) is 48.3 Å². The van der Waals surface area contributed by atoms with Gasteiger partial charge in [0.2, 0.25) is 0 Å². The van der Waals surface area contributed by atoms with Gasteiger partial charge in [0.1, 0.15) is 0 Å². The van der Waals surface area contributed by atoms with E-state index in [2.05, 4.69) is 0 Å². The normalized spacial score (nSPS) is 14.2. The number of rotatable bonds is 5. The van der Waals surface area contributed by atoms with Crippen LogP contribution in [0.25, 0.3) is 11.1 Å². The molecule has 0 aliphatic heterocycles. The molecular weight excluding hydrogens is 326 g/mol. The molecule has 2 aromatic carbocycles. The Morgan fingerprint density at radius 2 is 1.42 bits per heavy atom. The molecule has 4 nitrogen and oxygen atoms in total. The fourth-order valence-corrected chi connectivity index (χ4v) is 3.61. The van der Waals surface area contributed by atoms with Crippen LogP contribution in [-0.2, 0) is 4.74 Å². The van der Waals surface area contributed by atoms with Crippen molar-refractivity contribution in [1.29, 1.82) is 0 Å². The van der Waals surface area contributed by atoms with E-state index in [1.165, 1.54) is 32.8 Å². The highest BCUT2D eigenvalue weighted by Gasteiger charge is 2.20. The number of hydrogen-bond donors (Lipinski definition) is 0. The van der Waals surface area contributed by atoms with Crippen LogP contribution >= 0.6 is 0 Å². The lowest BCUT2D eigenvalue weighted by Gasteiger charge is -2.21. The van der Waals surface area contributed by atoms with Crippen molar-refractivity contribution in [3.8, 4) is 11.1 Å². The molecule has 1 aliphatic carbocycles. The molecule has 1 aliphatic rings. The maximum Gasteiger partial charge on any atom is 0.337 e. The highest BCUT2D eigenvalue weighted by Crippen LogP contribution is 2.26. The minimum atomic E-state index is -0.345. The number of methoxy groups -OCH3 is 1. The molecule has 136 valence electrons. The molecule has 1 fully saturated rings. The van der Waals surface area contributed by atoms with Crippen molar-refractivity contribution in [2.24, 2.45) is 5.92 Å². The van der Waals surface area contributed by atoms with Gasteiger partial charge in [0.15, 0.2) is 0 Å². The summed E-state index contributed by atoms with van der Waals surface area (Å²) in [6.45, 7) is 0.843. The molecule has 0 N–H and O–H groups in total. The first-order valence-corrected chi connectivity index (χ1v) is 9.13. The summed E-state index contributed by atoms with van der Waals surface area (Å²) in [7, 11) is 3.26. The molecule has 26 heavy (non-hydrogen) atoms. The van der Waals surface area contributed by atoms with E-state index >= 15 is 0 Å². The van der Waals surface area contributed by atoms with Crippen molar-refractivity contribution < 1.29 is 14.3 Å². The van der Waals surface area contributed by atoms with Crippen LogP contribution < -0.4 is 0 Å². The van der Waals surface area contributed by atoms with E-state index in [4.69, 9.17) is 4.74 Å². The molecule has 2 aromatic rings. The average Bonchev–Trinajstić information content (AvgIpc) is 3.20. The monoisotopic (exact) mass is 351 g/mol. The average molecular weight is 351 g/mol. The first-order chi connectivity index (χ1) is 12.6. The van der Waals surface area contributed by atoms with Gasteiger partial charge in [-0.25, -0.2) is 4.79 Å². The third kappa shape index (κ3) is 4.13. The highest BCUT2D eigenvalue weighted by molar-refractivity contribution is 5.94. The first kappa shape index (κ1) is 18.2. The number of ether oxygens (including phenoxy) is 1. The van der Waals surface area contributed by atoms with Crippen molar-refractivity contribution in [2.45, 2.75) is 25.7 Å². The van der Waals surface area contributed by atoms with Crippen LogP contribution in [0.3, 0.4) is 0 Å². The van der Waals surface area contributed by atoms with Gasteiger partial charge in [0, 0.05) is 19.2 Å². The van der Waals surface area contributed by atoms with Gasteiger partial charge >= 0.3 is 5.97 Å². The van der Waals surface area contributed by atoms with Gasteiger partial charge in [-0.2, -0.15) is 0 Å². The largest absolute Gasteiger partial charge is 0.465 e. The molecule has 0 aromatic heterocycles. The third-order valence-corrected chi connectivity index (χ3v) is 5.12. The minimum absolute atomic E-state index is 0.0736. The molecule has 0 bridgehead atoms.